The molecule has 1 aliphatic rings. The van der Waals surface area contributed by atoms with Gasteiger partial charge in [-0.1, -0.05) is 47.5 Å². The molecule has 31 heavy (non-hydrogen) atoms. The van der Waals surface area contributed by atoms with Crippen molar-refractivity contribution in [3.8, 4) is 6.07 Å². The highest BCUT2D eigenvalue weighted by Gasteiger charge is 2.27. The molecule has 0 saturated heterocycles. The fourth-order valence-corrected chi connectivity index (χ4v) is 3.48. The van der Waals surface area contributed by atoms with E-state index in [1.54, 1.807) is 37.4 Å². The van der Waals surface area contributed by atoms with Crippen LogP contribution < -0.4 is 10.6 Å². The molecule has 0 aromatic heterocycles. The molecule has 0 saturated carbocycles. The number of carbonyl (C=O) groups excluding carboxylic acids is 2. The molecule has 1 heterocycles. The number of ether oxygens (including phenoxy) is 1. The Bertz CT molecular complexity index is 1140. The van der Waals surface area contributed by atoms with Crippen LogP contribution in [0.15, 0.2) is 53.0 Å². The molecule has 2 N–H and O–H groups in total. The van der Waals surface area contributed by atoms with Crippen molar-refractivity contribution in [3.05, 3.63) is 74.8 Å². The Balaban J connectivity index is 1.92. The average molecular weight is 457 g/mol. The molecule has 7 nitrogen and oxygen atoms in total. The molecule has 0 bridgehead atoms. The molecular formula is C22H18Cl2N4O3. The van der Waals surface area contributed by atoms with Gasteiger partial charge in [0.05, 0.1) is 16.3 Å². The van der Waals surface area contributed by atoms with Gasteiger partial charge < -0.3 is 15.4 Å². The first-order valence-electron chi connectivity index (χ1n) is 9.32. The lowest BCUT2D eigenvalue weighted by Crippen LogP contribution is -2.30. The zero-order chi connectivity index (χ0) is 22.4. The number of hydrogen-bond donors (Lipinski definition) is 2. The number of carbonyl (C=O) groups is 2. The van der Waals surface area contributed by atoms with Crippen molar-refractivity contribution >= 4 is 46.5 Å². The number of halogens is 2. The second-order valence-corrected chi connectivity index (χ2v) is 7.37. The van der Waals surface area contributed by atoms with E-state index < -0.39 is 11.8 Å². The quantitative estimate of drug-likeness (QED) is 0.393. The third-order valence-electron chi connectivity index (χ3n) is 4.46. The number of rotatable bonds is 6. The summed E-state index contributed by atoms with van der Waals surface area (Å²) < 4.78 is 4.95. The van der Waals surface area contributed by atoms with E-state index in [9.17, 15) is 14.9 Å². The summed E-state index contributed by atoms with van der Waals surface area (Å²) in [6.07, 6.45) is 0.610. The fraction of sp³-hybridized carbons (Fsp3) is 0.182. The summed E-state index contributed by atoms with van der Waals surface area (Å²) in [4.78, 5) is 29.7. The normalized spacial score (nSPS) is 13.7. The molecule has 0 fully saturated rings. The Morgan fingerprint density at radius 3 is 2.58 bits per heavy atom. The maximum absolute atomic E-state index is 12.7. The van der Waals surface area contributed by atoms with Gasteiger partial charge in [-0.2, -0.15) is 5.26 Å². The van der Waals surface area contributed by atoms with Gasteiger partial charge in [0.2, 0.25) is 0 Å². The number of fused-ring (bicyclic) bond motifs is 1. The molecule has 158 valence electrons. The predicted molar refractivity (Wildman–Crippen MR) is 119 cm³/mol. The number of aliphatic imine (C=N–C) groups is 1. The summed E-state index contributed by atoms with van der Waals surface area (Å²) in [6, 6.07) is 13.5. The van der Waals surface area contributed by atoms with Gasteiger partial charge >= 0.3 is 0 Å². The number of nitrogens with one attached hydrogen (secondary N) is 2. The Morgan fingerprint density at radius 1 is 1.16 bits per heavy atom. The van der Waals surface area contributed by atoms with Crippen LogP contribution in [0.3, 0.4) is 0 Å². The molecule has 3 rings (SSSR count). The highest BCUT2D eigenvalue weighted by molar-refractivity contribution is 6.37. The maximum atomic E-state index is 12.7. The van der Waals surface area contributed by atoms with Crippen LogP contribution in [0.5, 0.6) is 0 Å². The number of amidine groups is 1. The molecule has 0 unspecified atom stereocenters. The minimum atomic E-state index is -0.541. The van der Waals surface area contributed by atoms with Crippen LogP contribution in [0.4, 0.5) is 0 Å². The van der Waals surface area contributed by atoms with Gasteiger partial charge in [-0.25, -0.2) is 4.99 Å². The Morgan fingerprint density at radius 2 is 1.90 bits per heavy atom. The van der Waals surface area contributed by atoms with Crippen molar-refractivity contribution < 1.29 is 14.3 Å². The van der Waals surface area contributed by atoms with E-state index in [2.05, 4.69) is 15.6 Å². The van der Waals surface area contributed by atoms with Gasteiger partial charge in [-0.3, -0.25) is 9.59 Å². The molecule has 0 aliphatic carbocycles. The second-order valence-electron chi connectivity index (χ2n) is 6.52. The number of nitrogens with zero attached hydrogens (tertiary/aromatic N) is 2. The molecule has 1 aliphatic heterocycles. The third kappa shape index (κ3) is 5.12. The largest absolute Gasteiger partial charge is 0.385 e. The Hall–Kier alpha value is -3.18. The van der Waals surface area contributed by atoms with Gasteiger partial charge in [0, 0.05) is 36.4 Å². The average Bonchev–Trinajstić information content (AvgIpc) is 3.10. The second kappa shape index (κ2) is 10.2. The minimum absolute atomic E-state index is 0.140. The van der Waals surface area contributed by atoms with E-state index >= 15 is 0 Å². The maximum Gasteiger partial charge on any atom is 0.264 e. The van der Waals surface area contributed by atoms with Crippen molar-refractivity contribution in [2.75, 3.05) is 20.3 Å². The topological polar surface area (TPSA) is 104 Å². The monoisotopic (exact) mass is 456 g/mol. The highest BCUT2D eigenvalue weighted by Crippen LogP contribution is 2.31. The van der Waals surface area contributed by atoms with Crippen LogP contribution >= 0.6 is 23.2 Å². The first-order chi connectivity index (χ1) is 15.0. The molecule has 0 atom stereocenters. The zero-order valence-corrected chi connectivity index (χ0v) is 18.0. The van der Waals surface area contributed by atoms with Crippen molar-refractivity contribution in [2.45, 2.75) is 6.42 Å². The van der Waals surface area contributed by atoms with Crippen LogP contribution in [0.25, 0.3) is 5.70 Å². The van der Waals surface area contributed by atoms with Crippen LogP contribution in [-0.2, 0) is 9.53 Å². The summed E-state index contributed by atoms with van der Waals surface area (Å²) in [5.41, 5.74) is 1.44. The summed E-state index contributed by atoms with van der Waals surface area (Å²) in [5, 5.41) is 15.6. The van der Waals surface area contributed by atoms with E-state index in [0.29, 0.717) is 35.7 Å². The van der Waals surface area contributed by atoms with Gasteiger partial charge in [0.15, 0.2) is 0 Å². The van der Waals surface area contributed by atoms with Crippen LogP contribution in [-0.4, -0.2) is 37.9 Å². The van der Waals surface area contributed by atoms with Crippen LogP contribution in [0.2, 0.25) is 10.0 Å². The number of amides is 2. The van der Waals surface area contributed by atoms with Crippen molar-refractivity contribution in [1.29, 1.82) is 5.26 Å². The SMILES string of the molecule is COCCCNC(=O)C(C#N)=C1N=C(NC(=O)c2ccc(Cl)cc2Cl)c2ccccc21. The number of methoxy groups -OCH3 is 1. The summed E-state index contributed by atoms with van der Waals surface area (Å²) in [5.74, 6) is -0.805. The molecule has 9 heteroatoms. The smallest absolute Gasteiger partial charge is 0.264 e. The Kier molecular flexibility index (Phi) is 7.42. The van der Waals surface area contributed by atoms with E-state index in [1.165, 1.54) is 12.1 Å². The molecule has 2 aromatic carbocycles. The van der Waals surface area contributed by atoms with E-state index in [0.717, 1.165) is 0 Å². The third-order valence-corrected chi connectivity index (χ3v) is 5.00. The van der Waals surface area contributed by atoms with E-state index in [4.69, 9.17) is 27.9 Å². The number of benzene rings is 2. The molecular weight excluding hydrogens is 439 g/mol. The predicted octanol–water partition coefficient (Wildman–Crippen LogP) is 3.57. The van der Waals surface area contributed by atoms with E-state index in [-0.39, 0.29) is 27.7 Å². The summed E-state index contributed by atoms with van der Waals surface area (Å²) in [7, 11) is 1.57. The molecule has 2 amide bonds. The van der Waals surface area contributed by atoms with Gasteiger partial charge in [-0.15, -0.1) is 0 Å². The zero-order valence-electron chi connectivity index (χ0n) is 16.5. The first kappa shape index (κ1) is 22.5. The molecule has 2 aromatic rings. The summed E-state index contributed by atoms with van der Waals surface area (Å²) in [6.45, 7) is 0.846. The number of hydrogen-bond acceptors (Lipinski definition) is 5. The van der Waals surface area contributed by atoms with E-state index in [1.807, 2.05) is 6.07 Å². The van der Waals surface area contributed by atoms with Crippen LogP contribution in [0.1, 0.15) is 27.9 Å². The summed E-state index contributed by atoms with van der Waals surface area (Å²) >= 11 is 12.0. The van der Waals surface area contributed by atoms with Gasteiger partial charge in [0.25, 0.3) is 11.8 Å². The van der Waals surface area contributed by atoms with Gasteiger partial charge in [-0.05, 0) is 24.6 Å². The van der Waals surface area contributed by atoms with Crippen molar-refractivity contribution in [3.63, 3.8) is 0 Å². The standard InChI is InChI=1S/C22H18Cl2N4O3/c1-31-10-4-9-26-21(29)17(12-25)19-14-5-2-3-6-15(14)20(27-19)28-22(30)16-8-7-13(23)11-18(16)24/h2-3,5-8,11H,4,9-10H2,1H3,(H,26,29)(H,27,28,30). The lowest BCUT2D eigenvalue weighted by atomic mass is 10.0. The van der Waals surface area contributed by atoms with Gasteiger partial charge in [0.1, 0.15) is 17.5 Å². The lowest BCUT2D eigenvalue weighted by molar-refractivity contribution is -0.117. The number of nitriles is 1. The van der Waals surface area contributed by atoms with Crippen LogP contribution in [0, 0.1) is 11.3 Å². The van der Waals surface area contributed by atoms with Crippen molar-refractivity contribution in [1.82, 2.24) is 10.6 Å². The fourth-order valence-electron chi connectivity index (χ4n) is 2.98. The Labute approximate surface area is 189 Å². The highest BCUT2D eigenvalue weighted by atomic mass is 35.5. The first-order valence-corrected chi connectivity index (χ1v) is 10.1. The molecule has 0 spiro atoms. The van der Waals surface area contributed by atoms with Crippen molar-refractivity contribution in [2.24, 2.45) is 4.99 Å². The lowest BCUT2D eigenvalue weighted by Gasteiger charge is -2.07. The minimum Gasteiger partial charge on any atom is -0.385 e. The molecule has 0 radical (unpaired) electrons.